The summed E-state index contributed by atoms with van der Waals surface area (Å²) in [7, 11) is -0.101. The first-order chi connectivity index (χ1) is 11.4. The molecule has 128 valence electrons. The van der Waals surface area contributed by atoms with E-state index in [1.165, 1.54) is 47.5 Å². The second kappa shape index (κ2) is 6.60. The predicted molar refractivity (Wildman–Crippen MR) is 92.8 cm³/mol. The fraction of sp³-hybridized carbons (Fsp3) is 0.333. The Morgan fingerprint density at radius 2 is 2.00 bits per heavy atom. The molecule has 24 heavy (non-hydrogen) atoms. The molecule has 0 radical (unpaired) electrons. The van der Waals surface area contributed by atoms with E-state index in [4.69, 9.17) is 0 Å². The number of rotatable bonds is 4. The topological polar surface area (TPSA) is 91.4 Å². The first-order valence-corrected chi connectivity index (χ1v) is 9.71. The van der Waals surface area contributed by atoms with E-state index < -0.39 is 10.0 Å². The molecule has 0 fully saturated rings. The van der Waals surface area contributed by atoms with Crippen molar-refractivity contribution in [3.8, 4) is 0 Å². The molecule has 2 heterocycles. The standard InChI is InChI=1S/C15H18N4O3S2/c1-16-24(21,22)11-5-3-10(4-6-11)14(20)18-15-17-12-7-8-19(2)9-13(12)23-15/h3-6,16H,7-9H2,1-2H3,(H,17,18,20). The van der Waals surface area contributed by atoms with Crippen LogP contribution >= 0.6 is 11.3 Å². The highest BCUT2D eigenvalue weighted by Crippen LogP contribution is 2.28. The van der Waals surface area contributed by atoms with Crippen molar-refractivity contribution in [2.24, 2.45) is 0 Å². The van der Waals surface area contributed by atoms with Gasteiger partial charge in [0.2, 0.25) is 10.0 Å². The van der Waals surface area contributed by atoms with E-state index in [1.807, 2.05) is 0 Å². The molecular formula is C15H18N4O3S2. The number of benzene rings is 1. The molecule has 3 rings (SSSR count). The Hall–Kier alpha value is -1.81. The Balaban J connectivity index is 1.74. The monoisotopic (exact) mass is 366 g/mol. The van der Waals surface area contributed by atoms with E-state index in [2.05, 4.69) is 27.0 Å². The number of amides is 1. The van der Waals surface area contributed by atoms with Crippen LogP contribution in [-0.4, -0.2) is 44.8 Å². The van der Waals surface area contributed by atoms with E-state index in [0.29, 0.717) is 10.7 Å². The maximum Gasteiger partial charge on any atom is 0.257 e. The van der Waals surface area contributed by atoms with Crippen molar-refractivity contribution in [3.63, 3.8) is 0 Å². The molecule has 0 saturated carbocycles. The summed E-state index contributed by atoms with van der Waals surface area (Å²) >= 11 is 1.48. The summed E-state index contributed by atoms with van der Waals surface area (Å²) in [5, 5.41) is 3.36. The van der Waals surface area contributed by atoms with Crippen molar-refractivity contribution < 1.29 is 13.2 Å². The Bertz CT molecular complexity index is 859. The highest BCUT2D eigenvalue weighted by atomic mass is 32.2. The molecule has 2 aromatic rings. The van der Waals surface area contributed by atoms with Crippen LogP contribution in [0.3, 0.4) is 0 Å². The molecule has 1 aromatic heterocycles. The van der Waals surface area contributed by atoms with Gasteiger partial charge in [0.05, 0.1) is 10.6 Å². The Morgan fingerprint density at radius 1 is 1.29 bits per heavy atom. The molecule has 0 atom stereocenters. The summed E-state index contributed by atoms with van der Waals surface area (Å²) in [6, 6.07) is 5.78. The van der Waals surface area contributed by atoms with Gasteiger partial charge in [-0.05, 0) is 38.4 Å². The number of fused-ring (bicyclic) bond motifs is 1. The summed E-state index contributed by atoms with van der Waals surface area (Å²) in [4.78, 5) is 20.3. The van der Waals surface area contributed by atoms with Gasteiger partial charge < -0.3 is 4.90 Å². The van der Waals surface area contributed by atoms with Gasteiger partial charge in [-0.2, -0.15) is 0 Å². The summed E-state index contributed by atoms with van der Waals surface area (Å²) in [5.41, 5.74) is 1.43. The Morgan fingerprint density at radius 3 is 2.67 bits per heavy atom. The molecule has 0 unspecified atom stereocenters. The van der Waals surface area contributed by atoms with Gasteiger partial charge in [0.15, 0.2) is 5.13 Å². The Labute approximate surface area is 144 Å². The fourth-order valence-electron chi connectivity index (χ4n) is 2.45. The summed E-state index contributed by atoms with van der Waals surface area (Å²) in [5.74, 6) is -0.303. The zero-order valence-electron chi connectivity index (χ0n) is 13.4. The minimum atomic E-state index is -3.50. The number of carbonyl (C=O) groups is 1. The quantitative estimate of drug-likeness (QED) is 0.851. The molecule has 0 spiro atoms. The zero-order chi connectivity index (χ0) is 17.3. The summed E-state index contributed by atoms with van der Waals surface area (Å²) in [6.07, 6.45) is 0.884. The normalized spacial score (nSPS) is 15.1. The lowest BCUT2D eigenvalue weighted by molar-refractivity contribution is 0.102. The number of aromatic nitrogens is 1. The first kappa shape index (κ1) is 17.0. The third kappa shape index (κ3) is 3.48. The largest absolute Gasteiger partial charge is 0.301 e. The van der Waals surface area contributed by atoms with Gasteiger partial charge in [0.25, 0.3) is 5.91 Å². The van der Waals surface area contributed by atoms with Crippen molar-refractivity contribution >= 4 is 32.4 Å². The molecule has 1 amide bonds. The highest BCUT2D eigenvalue weighted by molar-refractivity contribution is 7.89. The van der Waals surface area contributed by atoms with E-state index >= 15 is 0 Å². The van der Waals surface area contributed by atoms with Gasteiger partial charge in [-0.1, -0.05) is 0 Å². The third-order valence-corrected chi connectivity index (χ3v) is 6.27. The number of carbonyl (C=O) groups excluding carboxylic acids is 1. The zero-order valence-corrected chi connectivity index (χ0v) is 15.0. The van der Waals surface area contributed by atoms with Crippen molar-refractivity contribution in [1.29, 1.82) is 0 Å². The van der Waals surface area contributed by atoms with E-state index in [-0.39, 0.29) is 10.8 Å². The average molecular weight is 366 g/mol. The van der Waals surface area contributed by atoms with E-state index in [0.717, 1.165) is 25.2 Å². The van der Waals surface area contributed by atoms with Crippen LogP contribution in [0.5, 0.6) is 0 Å². The smallest absolute Gasteiger partial charge is 0.257 e. The second-order valence-electron chi connectivity index (χ2n) is 5.56. The molecule has 2 N–H and O–H groups in total. The van der Waals surface area contributed by atoms with Crippen molar-refractivity contribution in [2.75, 3.05) is 26.0 Å². The van der Waals surface area contributed by atoms with Crippen LogP contribution < -0.4 is 10.0 Å². The van der Waals surface area contributed by atoms with Crippen LogP contribution in [0.15, 0.2) is 29.2 Å². The molecule has 1 aromatic carbocycles. The van der Waals surface area contributed by atoms with Crippen molar-refractivity contribution in [3.05, 3.63) is 40.4 Å². The number of sulfonamides is 1. The third-order valence-electron chi connectivity index (χ3n) is 3.84. The number of nitrogens with one attached hydrogen (secondary N) is 2. The van der Waals surface area contributed by atoms with Gasteiger partial charge in [-0.3, -0.25) is 10.1 Å². The number of thiazole rings is 1. The van der Waals surface area contributed by atoms with Crippen LogP contribution in [0.4, 0.5) is 5.13 Å². The number of anilines is 1. The van der Waals surface area contributed by atoms with Gasteiger partial charge in [0, 0.05) is 30.0 Å². The lowest BCUT2D eigenvalue weighted by Crippen LogP contribution is -2.25. The second-order valence-corrected chi connectivity index (χ2v) is 8.53. The average Bonchev–Trinajstić information content (AvgIpc) is 2.96. The van der Waals surface area contributed by atoms with E-state index in [9.17, 15) is 13.2 Å². The minimum Gasteiger partial charge on any atom is -0.301 e. The van der Waals surface area contributed by atoms with Crippen LogP contribution in [0, 0.1) is 0 Å². The Kier molecular flexibility index (Phi) is 4.68. The molecule has 7 nitrogen and oxygen atoms in total. The van der Waals surface area contributed by atoms with Crippen LogP contribution in [0.2, 0.25) is 0 Å². The minimum absolute atomic E-state index is 0.120. The summed E-state index contributed by atoms with van der Waals surface area (Å²) < 4.78 is 25.6. The number of hydrogen-bond acceptors (Lipinski definition) is 6. The molecule has 0 bridgehead atoms. The van der Waals surface area contributed by atoms with Crippen molar-refractivity contribution in [1.82, 2.24) is 14.6 Å². The molecular weight excluding hydrogens is 348 g/mol. The van der Waals surface area contributed by atoms with Crippen molar-refractivity contribution in [2.45, 2.75) is 17.9 Å². The number of nitrogens with zero attached hydrogens (tertiary/aromatic N) is 2. The number of likely N-dealkylation sites (N-methyl/N-ethyl adjacent to an activating group) is 1. The lowest BCUT2D eigenvalue weighted by Gasteiger charge is -2.20. The first-order valence-electron chi connectivity index (χ1n) is 7.41. The fourth-order valence-corrected chi connectivity index (χ4v) is 4.26. The van der Waals surface area contributed by atoms with Crippen LogP contribution in [0.1, 0.15) is 20.9 Å². The van der Waals surface area contributed by atoms with Gasteiger partial charge in [-0.25, -0.2) is 18.1 Å². The molecule has 0 aliphatic carbocycles. The highest BCUT2D eigenvalue weighted by Gasteiger charge is 2.19. The van der Waals surface area contributed by atoms with Crippen LogP contribution in [-0.2, 0) is 23.0 Å². The summed E-state index contributed by atoms with van der Waals surface area (Å²) in [6.45, 7) is 1.81. The maximum absolute atomic E-state index is 12.3. The van der Waals surface area contributed by atoms with E-state index in [1.54, 1.807) is 0 Å². The molecule has 9 heteroatoms. The molecule has 0 saturated heterocycles. The van der Waals surface area contributed by atoms with Gasteiger partial charge in [-0.15, -0.1) is 11.3 Å². The predicted octanol–water partition coefficient (Wildman–Crippen LogP) is 1.29. The van der Waals surface area contributed by atoms with Gasteiger partial charge in [0.1, 0.15) is 0 Å². The molecule has 1 aliphatic rings. The van der Waals surface area contributed by atoms with Crippen LogP contribution in [0.25, 0.3) is 0 Å². The number of hydrogen-bond donors (Lipinski definition) is 2. The SMILES string of the molecule is CNS(=O)(=O)c1ccc(C(=O)Nc2nc3c(s2)CN(C)CC3)cc1. The lowest BCUT2D eigenvalue weighted by atomic mass is 10.2. The maximum atomic E-state index is 12.3. The van der Waals surface area contributed by atoms with Gasteiger partial charge >= 0.3 is 0 Å². The molecule has 1 aliphatic heterocycles.